The van der Waals surface area contributed by atoms with Gasteiger partial charge in [0.1, 0.15) is 5.82 Å². The molecule has 1 heterocycles. The maximum Gasteiger partial charge on any atom is 0.222 e. The summed E-state index contributed by atoms with van der Waals surface area (Å²) in [6.45, 7) is 1.81. The molecule has 2 nitrogen and oxygen atoms in total. The smallest absolute Gasteiger partial charge is 0.222 e. The standard InChI is InChI=1S/C14H18FNO/c15-13-7-4-12(5-8-13)6-9-14(17)16-10-2-1-3-11-16/h4-5,7-8H,1-3,6,9-11H2. The number of piperidine rings is 1. The van der Waals surface area contributed by atoms with Crippen molar-refractivity contribution in [3.05, 3.63) is 35.6 Å². The van der Waals surface area contributed by atoms with Gasteiger partial charge in [-0.1, -0.05) is 12.1 Å². The Morgan fingerprint density at radius 1 is 1.12 bits per heavy atom. The maximum absolute atomic E-state index is 12.7. The number of amides is 1. The third kappa shape index (κ3) is 3.55. The summed E-state index contributed by atoms with van der Waals surface area (Å²) in [5, 5.41) is 0. The molecule has 1 saturated heterocycles. The molecule has 92 valence electrons. The van der Waals surface area contributed by atoms with Gasteiger partial charge in [-0.05, 0) is 43.4 Å². The molecule has 1 aromatic rings. The maximum atomic E-state index is 12.7. The third-order valence-corrected chi connectivity index (χ3v) is 3.25. The minimum Gasteiger partial charge on any atom is -0.343 e. The number of carbonyl (C=O) groups excluding carboxylic acids is 1. The Morgan fingerprint density at radius 2 is 1.76 bits per heavy atom. The van der Waals surface area contributed by atoms with E-state index >= 15 is 0 Å². The van der Waals surface area contributed by atoms with Crippen LogP contribution in [0.1, 0.15) is 31.2 Å². The van der Waals surface area contributed by atoms with Gasteiger partial charge >= 0.3 is 0 Å². The first kappa shape index (κ1) is 12.1. The van der Waals surface area contributed by atoms with E-state index in [1.807, 2.05) is 4.90 Å². The number of nitrogens with zero attached hydrogens (tertiary/aromatic N) is 1. The van der Waals surface area contributed by atoms with Crippen LogP contribution in [0, 0.1) is 5.82 Å². The predicted octanol–water partition coefficient (Wildman–Crippen LogP) is 2.77. The fourth-order valence-electron chi connectivity index (χ4n) is 2.20. The van der Waals surface area contributed by atoms with Crippen LogP contribution in [0.25, 0.3) is 0 Å². The number of halogens is 1. The van der Waals surface area contributed by atoms with Crippen molar-refractivity contribution in [2.45, 2.75) is 32.1 Å². The fourth-order valence-corrected chi connectivity index (χ4v) is 2.20. The third-order valence-electron chi connectivity index (χ3n) is 3.25. The van der Waals surface area contributed by atoms with Crippen LogP contribution in [0.2, 0.25) is 0 Å². The van der Waals surface area contributed by atoms with E-state index in [1.54, 1.807) is 12.1 Å². The molecule has 0 atom stereocenters. The Bertz CT molecular complexity index is 368. The van der Waals surface area contributed by atoms with Crippen molar-refractivity contribution >= 4 is 5.91 Å². The Kier molecular flexibility index (Phi) is 4.13. The van der Waals surface area contributed by atoms with E-state index in [0.29, 0.717) is 12.8 Å². The zero-order valence-corrected chi connectivity index (χ0v) is 9.99. The van der Waals surface area contributed by atoms with Crippen molar-refractivity contribution in [1.82, 2.24) is 4.90 Å². The molecule has 0 spiro atoms. The van der Waals surface area contributed by atoms with Crippen LogP contribution >= 0.6 is 0 Å². The number of hydrogen-bond donors (Lipinski definition) is 0. The monoisotopic (exact) mass is 235 g/mol. The van der Waals surface area contributed by atoms with Gasteiger partial charge in [-0.3, -0.25) is 4.79 Å². The summed E-state index contributed by atoms with van der Waals surface area (Å²) in [6.07, 6.45) is 4.73. The van der Waals surface area contributed by atoms with Gasteiger partial charge in [-0.2, -0.15) is 0 Å². The van der Waals surface area contributed by atoms with Gasteiger partial charge in [0.2, 0.25) is 5.91 Å². The second-order valence-corrected chi connectivity index (χ2v) is 4.57. The van der Waals surface area contributed by atoms with Crippen LogP contribution in [0.3, 0.4) is 0 Å². The van der Waals surface area contributed by atoms with Crippen LogP contribution in [0.15, 0.2) is 24.3 Å². The zero-order chi connectivity index (χ0) is 12.1. The number of rotatable bonds is 3. The van der Waals surface area contributed by atoms with Crippen molar-refractivity contribution in [3.63, 3.8) is 0 Å². The lowest BCUT2D eigenvalue weighted by Gasteiger charge is -2.26. The topological polar surface area (TPSA) is 20.3 Å². The molecular formula is C14H18FNO. The zero-order valence-electron chi connectivity index (χ0n) is 9.99. The molecule has 1 amide bonds. The first-order valence-electron chi connectivity index (χ1n) is 6.28. The molecule has 0 unspecified atom stereocenters. The molecule has 0 aliphatic carbocycles. The van der Waals surface area contributed by atoms with Gasteiger partial charge in [0, 0.05) is 19.5 Å². The lowest BCUT2D eigenvalue weighted by Crippen LogP contribution is -2.35. The summed E-state index contributed by atoms with van der Waals surface area (Å²) < 4.78 is 12.7. The summed E-state index contributed by atoms with van der Waals surface area (Å²) >= 11 is 0. The Balaban J connectivity index is 1.81. The van der Waals surface area contributed by atoms with Crippen LogP contribution in [0.5, 0.6) is 0 Å². The van der Waals surface area contributed by atoms with Crippen LogP contribution < -0.4 is 0 Å². The number of likely N-dealkylation sites (tertiary alicyclic amines) is 1. The highest BCUT2D eigenvalue weighted by atomic mass is 19.1. The van der Waals surface area contributed by atoms with Gasteiger partial charge in [0.05, 0.1) is 0 Å². The summed E-state index contributed by atoms with van der Waals surface area (Å²) in [6, 6.07) is 6.39. The van der Waals surface area contributed by atoms with Crippen LogP contribution in [-0.4, -0.2) is 23.9 Å². The molecule has 17 heavy (non-hydrogen) atoms. The van der Waals surface area contributed by atoms with Crippen molar-refractivity contribution in [1.29, 1.82) is 0 Å². The van der Waals surface area contributed by atoms with Gasteiger partial charge in [0.15, 0.2) is 0 Å². The predicted molar refractivity (Wildman–Crippen MR) is 65.2 cm³/mol. The molecule has 1 fully saturated rings. The first-order valence-corrected chi connectivity index (χ1v) is 6.28. The normalized spacial score (nSPS) is 15.9. The molecule has 0 bridgehead atoms. The summed E-state index contributed by atoms with van der Waals surface area (Å²) in [5.74, 6) is 0.00475. The molecule has 2 rings (SSSR count). The molecule has 0 aromatic heterocycles. The largest absolute Gasteiger partial charge is 0.343 e. The van der Waals surface area contributed by atoms with E-state index in [-0.39, 0.29) is 11.7 Å². The van der Waals surface area contributed by atoms with Gasteiger partial charge in [-0.25, -0.2) is 4.39 Å². The second-order valence-electron chi connectivity index (χ2n) is 4.57. The van der Waals surface area contributed by atoms with Crippen LogP contribution in [-0.2, 0) is 11.2 Å². The number of benzene rings is 1. The number of carbonyl (C=O) groups is 1. The summed E-state index contributed by atoms with van der Waals surface area (Å²) in [4.78, 5) is 13.8. The van der Waals surface area contributed by atoms with E-state index in [1.165, 1.54) is 18.6 Å². The molecule has 1 aliphatic heterocycles. The molecule has 0 saturated carbocycles. The molecule has 3 heteroatoms. The van der Waals surface area contributed by atoms with Crippen molar-refractivity contribution in [2.24, 2.45) is 0 Å². The van der Waals surface area contributed by atoms with E-state index in [2.05, 4.69) is 0 Å². The molecule has 0 radical (unpaired) electrons. The average Bonchev–Trinajstić information content (AvgIpc) is 2.39. The molecular weight excluding hydrogens is 217 g/mol. The number of hydrogen-bond acceptors (Lipinski definition) is 1. The van der Waals surface area contributed by atoms with Crippen molar-refractivity contribution in [2.75, 3.05) is 13.1 Å². The molecule has 1 aromatic carbocycles. The first-order chi connectivity index (χ1) is 8.25. The van der Waals surface area contributed by atoms with Crippen molar-refractivity contribution < 1.29 is 9.18 Å². The van der Waals surface area contributed by atoms with E-state index in [9.17, 15) is 9.18 Å². The van der Waals surface area contributed by atoms with Crippen LogP contribution in [0.4, 0.5) is 4.39 Å². The highest BCUT2D eigenvalue weighted by Crippen LogP contribution is 2.12. The number of aryl methyl sites for hydroxylation is 1. The summed E-state index contributed by atoms with van der Waals surface area (Å²) in [5.41, 5.74) is 1.02. The van der Waals surface area contributed by atoms with Gasteiger partial charge in [0.25, 0.3) is 0 Å². The Morgan fingerprint density at radius 3 is 2.41 bits per heavy atom. The molecule has 1 aliphatic rings. The second kappa shape index (κ2) is 5.80. The molecule has 0 N–H and O–H groups in total. The van der Waals surface area contributed by atoms with Gasteiger partial charge in [-0.15, -0.1) is 0 Å². The lowest BCUT2D eigenvalue weighted by atomic mass is 10.1. The van der Waals surface area contributed by atoms with Crippen molar-refractivity contribution in [3.8, 4) is 0 Å². The quantitative estimate of drug-likeness (QED) is 0.789. The van der Waals surface area contributed by atoms with E-state index < -0.39 is 0 Å². The van der Waals surface area contributed by atoms with E-state index in [0.717, 1.165) is 31.5 Å². The minimum atomic E-state index is -0.226. The lowest BCUT2D eigenvalue weighted by molar-refractivity contribution is -0.132. The van der Waals surface area contributed by atoms with Gasteiger partial charge < -0.3 is 4.90 Å². The van der Waals surface area contributed by atoms with E-state index in [4.69, 9.17) is 0 Å². The SMILES string of the molecule is O=C(CCc1ccc(F)cc1)N1CCCCC1. The fraction of sp³-hybridized carbons (Fsp3) is 0.500. The summed E-state index contributed by atoms with van der Waals surface area (Å²) in [7, 11) is 0. The minimum absolute atomic E-state index is 0.226. The highest BCUT2D eigenvalue weighted by molar-refractivity contribution is 5.76. The highest BCUT2D eigenvalue weighted by Gasteiger charge is 2.15. The Labute approximate surface area is 101 Å². The average molecular weight is 235 g/mol. The Hall–Kier alpha value is -1.38.